The molecule has 0 aliphatic heterocycles. The molecular weight excluding hydrogens is 248 g/mol. The van der Waals surface area contributed by atoms with Crippen molar-refractivity contribution >= 4 is 5.78 Å². The lowest BCUT2D eigenvalue weighted by atomic mass is 10.0. The van der Waals surface area contributed by atoms with Gasteiger partial charge in [-0.2, -0.15) is 0 Å². The summed E-state index contributed by atoms with van der Waals surface area (Å²) in [7, 11) is 0. The molecule has 19 heavy (non-hydrogen) atoms. The number of phenolic OH excluding ortho intramolecular Hbond substituents is 4. The maximum absolute atomic E-state index is 12.1. The van der Waals surface area contributed by atoms with Gasteiger partial charge in [0, 0.05) is 5.56 Å². The van der Waals surface area contributed by atoms with Gasteiger partial charge in [0.05, 0.1) is 5.56 Å². The molecule has 0 radical (unpaired) electrons. The van der Waals surface area contributed by atoms with Gasteiger partial charge in [-0.3, -0.25) is 4.79 Å². The molecule has 0 saturated heterocycles. The van der Waals surface area contributed by atoms with Gasteiger partial charge in [-0.25, -0.2) is 0 Å². The van der Waals surface area contributed by atoms with Crippen LogP contribution in [-0.4, -0.2) is 26.2 Å². The van der Waals surface area contributed by atoms with Gasteiger partial charge in [-0.05, 0) is 30.7 Å². The monoisotopic (exact) mass is 260 g/mol. The van der Waals surface area contributed by atoms with Gasteiger partial charge in [0.2, 0.25) is 5.75 Å². The van der Waals surface area contributed by atoms with E-state index in [4.69, 9.17) is 0 Å². The molecule has 0 aromatic heterocycles. The Kier molecular flexibility index (Phi) is 3.04. The number of hydrogen-bond donors (Lipinski definition) is 4. The van der Waals surface area contributed by atoms with Crippen LogP contribution in [0.4, 0.5) is 0 Å². The smallest absolute Gasteiger partial charge is 0.201 e. The van der Waals surface area contributed by atoms with Gasteiger partial charge in [-0.1, -0.05) is 12.1 Å². The van der Waals surface area contributed by atoms with Crippen LogP contribution in [0.15, 0.2) is 30.3 Å². The number of rotatable bonds is 2. The van der Waals surface area contributed by atoms with Crippen LogP contribution in [0.5, 0.6) is 23.0 Å². The first kappa shape index (κ1) is 12.8. The zero-order chi connectivity index (χ0) is 14.2. The average molecular weight is 260 g/mol. The number of aryl methyl sites for hydroxylation is 1. The summed E-state index contributed by atoms with van der Waals surface area (Å²) in [6.07, 6.45) is 0. The summed E-state index contributed by atoms with van der Waals surface area (Å²) in [6, 6.07) is 6.65. The van der Waals surface area contributed by atoms with E-state index in [1.165, 1.54) is 18.2 Å². The van der Waals surface area contributed by atoms with Gasteiger partial charge in [0.15, 0.2) is 17.3 Å². The van der Waals surface area contributed by atoms with E-state index in [1.807, 2.05) is 0 Å². The van der Waals surface area contributed by atoms with Gasteiger partial charge in [-0.15, -0.1) is 0 Å². The number of phenols is 4. The number of ketones is 1. The molecule has 0 bridgehead atoms. The second kappa shape index (κ2) is 4.53. The number of carbonyl (C=O) groups is 1. The van der Waals surface area contributed by atoms with Gasteiger partial charge in [0.25, 0.3) is 0 Å². The first-order valence-corrected chi connectivity index (χ1v) is 5.50. The maximum Gasteiger partial charge on any atom is 0.201 e. The fraction of sp³-hybridized carbons (Fsp3) is 0.0714. The second-order valence-electron chi connectivity index (χ2n) is 4.16. The van der Waals surface area contributed by atoms with Crippen LogP contribution >= 0.6 is 0 Å². The number of carbonyl (C=O) groups excluding carboxylic acids is 1. The largest absolute Gasteiger partial charge is 0.508 e. The van der Waals surface area contributed by atoms with Crippen molar-refractivity contribution in [2.75, 3.05) is 0 Å². The minimum absolute atomic E-state index is 0.0339. The molecule has 98 valence electrons. The van der Waals surface area contributed by atoms with Crippen LogP contribution in [0.3, 0.4) is 0 Å². The van der Waals surface area contributed by atoms with E-state index in [-0.39, 0.29) is 16.9 Å². The van der Waals surface area contributed by atoms with Crippen molar-refractivity contribution in [1.29, 1.82) is 0 Å². The standard InChI is InChI=1S/C14H12O5/c1-7-2-3-8(6-11(7)16)12(17)9-4-5-10(15)14(19)13(9)18/h2-6,15-16,18-19H,1H3. The Labute approximate surface area is 109 Å². The van der Waals surface area contributed by atoms with Crippen molar-refractivity contribution in [3.05, 3.63) is 47.0 Å². The maximum atomic E-state index is 12.1. The minimum atomic E-state index is -0.748. The third-order valence-electron chi connectivity index (χ3n) is 2.85. The molecule has 2 rings (SSSR count). The van der Waals surface area contributed by atoms with Crippen LogP contribution in [0.1, 0.15) is 21.5 Å². The molecule has 0 spiro atoms. The summed E-state index contributed by atoms with van der Waals surface area (Å²) >= 11 is 0. The number of hydrogen-bond acceptors (Lipinski definition) is 5. The summed E-state index contributed by atoms with van der Waals surface area (Å²) in [5, 5.41) is 37.8. The molecule has 2 aromatic rings. The quantitative estimate of drug-likeness (QED) is 0.489. The molecule has 0 saturated carbocycles. The van der Waals surface area contributed by atoms with E-state index < -0.39 is 23.0 Å². The molecule has 5 heteroatoms. The molecule has 0 atom stereocenters. The lowest BCUT2D eigenvalue weighted by Gasteiger charge is -2.08. The van der Waals surface area contributed by atoms with Crippen LogP contribution in [0.25, 0.3) is 0 Å². The zero-order valence-corrected chi connectivity index (χ0v) is 10.1. The molecule has 0 aliphatic rings. The summed E-state index contributed by atoms with van der Waals surface area (Å²) < 4.78 is 0. The van der Waals surface area contributed by atoms with Crippen LogP contribution in [-0.2, 0) is 0 Å². The molecule has 0 fully saturated rings. The molecule has 2 aromatic carbocycles. The Morgan fingerprint density at radius 1 is 0.895 bits per heavy atom. The summed E-state index contributed by atoms with van der Waals surface area (Å²) in [5.41, 5.74) is 0.636. The van der Waals surface area contributed by atoms with Crippen molar-refractivity contribution in [2.45, 2.75) is 6.92 Å². The third kappa shape index (κ3) is 2.18. The van der Waals surface area contributed by atoms with Crippen LogP contribution in [0.2, 0.25) is 0 Å². The number of aromatic hydroxyl groups is 4. The Morgan fingerprint density at radius 3 is 2.21 bits per heavy atom. The molecule has 5 nitrogen and oxygen atoms in total. The lowest BCUT2D eigenvalue weighted by molar-refractivity contribution is 0.103. The molecule has 0 amide bonds. The van der Waals surface area contributed by atoms with Crippen molar-refractivity contribution < 1.29 is 25.2 Å². The zero-order valence-electron chi connectivity index (χ0n) is 10.1. The Bertz CT molecular complexity index is 661. The van der Waals surface area contributed by atoms with E-state index in [1.54, 1.807) is 13.0 Å². The van der Waals surface area contributed by atoms with E-state index in [0.717, 1.165) is 6.07 Å². The highest BCUT2D eigenvalue weighted by atomic mass is 16.3. The summed E-state index contributed by atoms with van der Waals surface area (Å²) in [4.78, 5) is 12.1. The predicted octanol–water partition coefficient (Wildman–Crippen LogP) is 2.05. The average Bonchev–Trinajstić information content (AvgIpc) is 2.39. The fourth-order valence-corrected chi connectivity index (χ4v) is 1.66. The molecule has 0 aliphatic carbocycles. The molecule has 0 heterocycles. The second-order valence-corrected chi connectivity index (χ2v) is 4.16. The van der Waals surface area contributed by atoms with Crippen molar-refractivity contribution in [3.8, 4) is 23.0 Å². The summed E-state index contributed by atoms with van der Waals surface area (Å²) in [5.74, 6) is -2.55. The highest BCUT2D eigenvalue weighted by Crippen LogP contribution is 2.38. The van der Waals surface area contributed by atoms with Crippen molar-refractivity contribution in [3.63, 3.8) is 0 Å². The number of benzene rings is 2. The molecule has 0 unspecified atom stereocenters. The first-order valence-electron chi connectivity index (χ1n) is 5.50. The highest BCUT2D eigenvalue weighted by Gasteiger charge is 2.19. The van der Waals surface area contributed by atoms with Gasteiger partial charge in [0.1, 0.15) is 5.75 Å². The normalized spacial score (nSPS) is 10.4. The molecular formula is C14H12O5. The third-order valence-corrected chi connectivity index (χ3v) is 2.85. The fourth-order valence-electron chi connectivity index (χ4n) is 1.66. The van der Waals surface area contributed by atoms with E-state index in [2.05, 4.69) is 0 Å². The first-order chi connectivity index (χ1) is 8.91. The topological polar surface area (TPSA) is 98.0 Å². The lowest BCUT2D eigenvalue weighted by Crippen LogP contribution is -2.02. The van der Waals surface area contributed by atoms with Crippen LogP contribution in [0, 0.1) is 6.92 Å². The van der Waals surface area contributed by atoms with E-state index in [0.29, 0.717) is 5.56 Å². The van der Waals surface area contributed by atoms with Crippen molar-refractivity contribution in [2.24, 2.45) is 0 Å². The molecule has 4 N–H and O–H groups in total. The predicted molar refractivity (Wildman–Crippen MR) is 67.7 cm³/mol. The van der Waals surface area contributed by atoms with Gasteiger partial charge < -0.3 is 20.4 Å². The minimum Gasteiger partial charge on any atom is -0.508 e. The van der Waals surface area contributed by atoms with Gasteiger partial charge >= 0.3 is 0 Å². The van der Waals surface area contributed by atoms with Crippen molar-refractivity contribution in [1.82, 2.24) is 0 Å². The highest BCUT2D eigenvalue weighted by molar-refractivity contribution is 6.11. The summed E-state index contributed by atoms with van der Waals surface area (Å²) in [6.45, 7) is 1.69. The Morgan fingerprint density at radius 2 is 1.58 bits per heavy atom. The SMILES string of the molecule is Cc1ccc(C(=O)c2ccc(O)c(O)c2O)cc1O. The Hall–Kier alpha value is -2.69. The Balaban J connectivity index is 2.50. The van der Waals surface area contributed by atoms with E-state index in [9.17, 15) is 25.2 Å². The van der Waals surface area contributed by atoms with Crippen LogP contribution < -0.4 is 0 Å². The van der Waals surface area contributed by atoms with E-state index >= 15 is 0 Å².